The lowest BCUT2D eigenvalue weighted by Crippen LogP contribution is -2.14. The number of nitrogens with two attached hydrogens (primary N) is 1. The molecule has 1 atom stereocenters. The molecule has 84 valence electrons. The maximum Gasteiger partial charge on any atom is 0.122 e. The monoisotopic (exact) mass is 207 g/mol. The Hall–Kier alpha value is -1.02. The molecule has 0 aliphatic carbocycles. The highest BCUT2D eigenvalue weighted by atomic mass is 16.5. The van der Waals surface area contributed by atoms with Gasteiger partial charge in [-0.2, -0.15) is 0 Å². The van der Waals surface area contributed by atoms with Gasteiger partial charge in [-0.25, -0.2) is 0 Å². The SMILES string of the molecule is COc1ccc(C)cc1CCCC(C)N. The van der Waals surface area contributed by atoms with Gasteiger partial charge >= 0.3 is 0 Å². The van der Waals surface area contributed by atoms with Crippen molar-refractivity contribution in [2.24, 2.45) is 5.73 Å². The minimum Gasteiger partial charge on any atom is -0.496 e. The van der Waals surface area contributed by atoms with Gasteiger partial charge in [0.1, 0.15) is 5.75 Å². The molecule has 2 heteroatoms. The highest BCUT2D eigenvalue weighted by Crippen LogP contribution is 2.21. The Morgan fingerprint density at radius 3 is 2.73 bits per heavy atom. The second-order valence-corrected chi connectivity index (χ2v) is 4.18. The lowest BCUT2D eigenvalue weighted by atomic mass is 10.0. The van der Waals surface area contributed by atoms with Crippen LogP contribution in [0.3, 0.4) is 0 Å². The molecule has 0 bridgehead atoms. The van der Waals surface area contributed by atoms with Crippen LogP contribution in [0.1, 0.15) is 30.9 Å². The van der Waals surface area contributed by atoms with E-state index in [1.54, 1.807) is 7.11 Å². The lowest BCUT2D eigenvalue weighted by molar-refractivity contribution is 0.408. The van der Waals surface area contributed by atoms with Gasteiger partial charge < -0.3 is 10.5 Å². The fourth-order valence-corrected chi connectivity index (χ4v) is 1.72. The van der Waals surface area contributed by atoms with Gasteiger partial charge in [-0.15, -0.1) is 0 Å². The maximum atomic E-state index is 5.73. The summed E-state index contributed by atoms with van der Waals surface area (Å²) in [7, 11) is 1.72. The van der Waals surface area contributed by atoms with Crippen LogP contribution in [0.5, 0.6) is 5.75 Å². The van der Waals surface area contributed by atoms with Gasteiger partial charge in [0, 0.05) is 6.04 Å². The molecule has 0 aromatic heterocycles. The summed E-state index contributed by atoms with van der Waals surface area (Å²) < 4.78 is 5.33. The third kappa shape index (κ3) is 3.92. The van der Waals surface area contributed by atoms with Crippen molar-refractivity contribution < 1.29 is 4.74 Å². The van der Waals surface area contributed by atoms with Crippen LogP contribution in [0.25, 0.3) is 0 Å². The van der Waals surface area contributed by atoms with Crippen molar-refractivity contribution in [2.45, 2.75) is 39.2 Å². The quantitative estimate of drug-likeness (QED) is 0.805. The normalized spacial score (nSPS) is 12.5. The van der Waals surface area contributed by atoms with Crippen molar-refractivity contribution in [3.8, 4) is 5.75 Å². The first-order valence-corrected chi connectivity index (χ1v) is 5.52. The highest BCUT2D eigenvalue weighted by Gasteiger charge is 2.03. The van der Waals surface area contributed by atoms with E-state index in [4.69, 9.17) is 10.5 Å². The Balaban J connectivity index is 2.62. The van der Waals surface area contributed by atoms with Crippen LogP contribution in [0, 0.1) is 6.92 Å². The Kier molecular flexibility index (Phi) is 4.63. The zero-order chi connectivity index (χ0) is 11.3. The first-order chi connectivity index (χ1) is 7.13. The highest BCUT2D eigenvalue weighted by molar-refractivity contribution is 5.36. The van der Waals surface area contributed by atoms with Gasteiger partial charge in [0.05, 0.1) is 7.11 Å². The first kappa shape index (κ1) is 12.1. The van der Waals surface area contributed by atoms with Crippen molar-refractivity contribution in [3.05, 3.63) is 29.3 Å². The van der Waals surface area contributed by atoms with E-state index in [1.807, 2.05) is 13.0 Å². The van der Waals surface area contributed by atoms with Gasteiger partial charge in [-0.3, -0.25) is 0 Å². The molecule has 1 aromatic carbocycles. The molecular weight excluding hydrogens is 186 g/mol. The molecule has 0 radical (unpaired) electrons. The summed E-state index contributed by atoms with van der Waals surface area (Å²) in [5.41, 5.74) is 8.30. The predicted molar refractivity (Wildman–Crippen MR) is 64.3 cm³/mol. The number of hydrogen-bond donors (Lipinski definition) is 1. The van der Waals surface area contributed by atoms with E-state index in [0.717, 1.165) is 25.0 Å². The van der Waals surface area contributed by atoms with E-state index in [2.05, 4.69) is 19.1 Å². The fourth-order valence-electron chi connectivity index (χ4n) is 1.72. The zero-order valence-electron chi connectivity index (χ0n) is 9.92. The third-order valence-corrected chi connectivity index (χ3v) is 2.54. The number of methoxy groups -OCH3 is 1. The molecule has 1 unspecified atom stereocenters. The van der Waals surface area contributed by atoms with E-state index in [0.29, 0.717) is 6.04 Å². The molecule has 1 rings (SSSR count). The van der Waals surface area contributed by atoms with Gasteiger partial charge in [0.15, 0.2) is 0 Å². The molecule has 0 saturated carbocycles. The summed E-state index contributed by atoms with van der Waals surface area (Å²) in [5, 5.41) is 0. The smallest absolute Gasteiger partial charge is 0.122 e. The number of hydrogen-bond acceptors (Lipinski definition) is 2. The van der Waals surface area contributed by atoms with Crippen molar-refractivity contribution >= 4 is 0 Å². The molecule has 2 N–H and O–H groups in total. The molecule has 0 heterocycles. The zero-order valence-corrected chi connectivity index (χ0v) is 9.92. The van der Waals surface area contributed by atoms with Gasteiger partial charge in [-0.1, -0.05) is 17.7 Å². The largest absolute Gasteiger partial charge is 0.496 e. The van der Waals surface area contributed by atoms with Crippen LogP contribution in [0.2, 0.25) is 0 Å². The van der Waals surface area contributed by atoms with Crippen LogP contribution in [-0.4, -0.2) is 13.2 Å². The summed E-state index contributed by atoms with van der Waals surface area (Å²) in [4.78, 5) is 0. The van der Waals surface area contributed by atoms with Crippen LogP contribution in [0.4, 0.5) is 0 Å². The fraction of sp³-hybridized carbons (Fsp3) is 0.538. The molecule has 1 aromatic rings. The van der Waals surface area contributed by atoms with Crippen LogP contribution < -0.4 is 10.5 Å². The Labute approximate surface area is 92.4 Å². The third-order valence-electron chi connectivity index (χ3n) is 2.54. The average molecular weight is 207 g/mol. The molecular formula is C13H21NO. The Morgan fingerprint density at radius 2 is 2.13 bits per heavy atom. The molecule has 0 fully saturated rings. The van der Waals surface area contributed by atoms with E-state index < -0.39 is 0 Å². The Morgan fingerprint density at radius 1 is 1.40 bits per heavy atom. The van der Waals surface area contributed by atoms with Crippen LogP contribution in [0.15, 0.2) is 18.2 Å². The summed E-state index contributed by atoms with van der Waals surface area (Å²) >= 11 is 0. The van der Waals surface area contributed by atoms with E-state index in [9.17, 15) is 0 Å². The molecule has 0 spiro atoms. The van der Waals surface area contributed by atoms with Crippen molar-refractivity contribution in [1.29, 1.82) is 0 Å². The molecule has 15 heavy (non-hydrogen) atoms. The number of ether oxygens (including phenoxy) is 1. The predicted octanol–water partition coefficient (Wildman–Crippen LogP) is 2.67. The van der Waals surface area contributed by atoms with E-state index in [1.165, 1.54) is 11.1 Å². The number of benzene rings is 1. The minimum absolute atomic E-state index is 0.292. The summed E-state index contributed by atoms with van der Waals surface area (Å²) in [6, 6.07) is 6.60. The number of rotatable bonds is 5. The molecule has 0 aliphatic rings. The van der Waals surface area contributed by atoms with Gasteiger partial charge in [-0.05, 0) is 44.7 Å². The minimum atomic E-state index is 0.292. The Bertz CT molecular complexity index is 307. The van der Waals surface area contributed by atoms with Crippen molar-refractivity contribution in [2.75, 3.05) is 7.11 Å². The standard InChI is InChI=1S/C13H21NO/c1-10-7-8-13(15-3)12(9-10)6-4-5-11(2)14/h7-9,11H,4-6,14H2,1-3H3. The maximum absolute atomic E-state index is 5.73. The van der Waals surface area contributed by atoms with E-state index in [-0.39, 0.29) is 0 Å². The second kappa shape index (κ2) is 5.76. The number of aryl methyl sites for hydroxylation is 2. The van der Waals surface area contributed by atoms with Crippen molar-refractivity contribution in [3.63, 3.8) is 0 Å². The van der Waals surface area contributed by atoms with Crippen molar-refractivity contribution in [1.82, 2.24) is 0 Å². The average Bonchev–Trinajstić information content (AvgIpc) is 2.17. The lowest BCUT2D eigenvalue weighted by Gasteiger charge is -2.10. The van der Waals surface area contributed by atoms with Crippen LogP contribution in [-0.2, 0) is 6.42 Å². The summed E-state index contributed by atoms with van der Waals surface area (Å²) in [6.45, 7) is 4.15. The molecule has 0 amide bonds. The molecule has 2 nitrogen and oxygen atoms in total. The first-order valence-electron chi connectivity index (χ1n) is 5.52. The summed E-state index contributed by atoms with van der Waals surface area (Å²) in [6.07, 6.45) is 3.24. The van der Waals surface area contributed by atoms with Gasteiger partial charge in [0.25, 0.3) is 0 Å². The second-order valence-electron chi connectivity index (χ2n) is 4.18. The summed E-state index contributed by atoms with van der Waals surface area (Å²) in [5.74, 6) is 0.991. The van der Waals surface area contributed by atoms with Gasteiger partial charge in [0.2, 0.25) is 0 Å². The molecule has 0 saturated heterocycles. The van der Waals surface area contributed by atoms with E-state index >= 15 is 0 Å². The van der Waals surface area contributed by atoms with Crippen LogP contribution >= 0.6 is 0 Å². The molecule has 0 aliphatic heterocycles. The topological polar surface area (TPSA) is 35.2 Å².